The standard InChI is InChI=1S/C11H16O/c1-4-9-6-5-7-10(8(2)3)11(9)12/h5-8,12H,4H2,1-3H3. The molecular weight excluding hydrogens is 148 g/mol. The summed E-state index contributed by atoms with van der Waals surface area (Å²) in [6.45, 7) is 6.24. The number of hydrogen-bond acceptors (Lipinski definition) is 1. The predicted octanol–water partition coefficient (Wildman–Crippen LogP) is 3.08. The molecule has 0 bridgehead atoms. The fourth-order valence-electron chi connectivity index (χ4n) is 1.36. The molecule has 1 heteroatoms. The first-order chi connectivity index (χ1) is 5.66. The van der Waals surface area contributed by atoms with Crippen molar-refractivity contribution in [3.63, 3.8) is 0 Å². The summed E-state index contributed by atoms with van der Waals surface area (Å²) in [7, 11) is 0. The Morgan fingerprint density at radius 3 is 2.50 bits per heavy atom. The van der Waals surface area contributed by atoms with Gasteiger partial charge in [-0.05, 0) is 23.5 Å². The molecule has 0 aliphatic heterocycles. The third-order valence-corrected chi connectivity index (χ3v) is 2.15. The highest BCUT2D eigenvalue weighted by molar-refractivity contribution is 5.41. The first-order valence-electron chi connectivity index (χ1n) is 4.47. The van der Waals surface area contributed by atoms with Crippen LogP contribution in [0.15, 0.2) is 18.2 Å². The average molecular weight is 164 g/mol. The predicted molar refractivity (Wildman–Crippen MR) is 51.6 cm³/mol. The van der Waals surface area contributed by atoms with E-state index in [-0.39, 0.29) is 0 Å². The van der Waals surface area contributed by atoms with Gasteiger partial charge in [0.1, 0.15) is 5.75 Å². The van der Waals surface area contributed by atoms with E-state index >= 15 is 0 Å². The van der Waals surface area contributed by atoms with Crippen molar-refractivity contribution in [2.24, 2.45) is 0 Å². The number of hydrogen-bond donors (Lipinski definition) is 1. The second-order valence-corrected chi connectivity index (χ2v) is 3.36. The summed E-state index contributed by atoms with van der Waals surface area (Å²) < 4.78 is 0. The van der Waals surface area contributed by atoms with Crippen LogP contribution in [0.5, 0.6) is 5.75 Å². The van der Waals surface area contributed by atoms with Gasteiger partial charge in [0.25, 0.3) is 0 Å². The maximum atomic E-state index is 9.76. The van der Waals surface area contributed by atoms with Gasteiger partial charge < -0.3 is 5.11 Å². The van der Waals surface area contributed by atoms with Gasteiger partial charge in [0.05, 0.1) is 0 Å². The minimum Gasteiger partial charge on any atom is -0.507 e. The quantitative estimate of drug-likeness (QED) is 0.712. The monoisotopic (exact) mass is 164 g/mol. The number of aromatic hydroxyl groups is 1. The number of rotatable bonds is 2. The summed E-state index contributed by atoms with van der Waals surface area (Å²) in [5.74, 6) is 0.881. The molecule has 0 spiro atoms. The Bertz CT molecular complexity index is 264. The van der Waals surface area contributed by atoms with Crippen LogP contribution in [0.2, 0.25) is 0 Å². The van der Waals surface area contributed by atoms with E-state index in [1.807, 2.05) is 18.2 Å². The van der Waals surface area contributed by atoms with Crippen molar-refractivity contribution in [2.45, 2.75) is 33.1 Å². The minimum atomic E-state index is 0.400. The summed E-state index contributed by atoms with van der Waals surface area (Å²) in [5, 5.41) is 9.76. The molecule has 0 atom stereocenters. The Morgan fingerprint density at radius 1 is 1.33 bits per heavy atom. The van der Waals surface area contributed by atoms with Crippen molar-refractivity contribution in [3.8, 4) is 5.75 Å². The largest absolute Gasteiger partial charge is 0.507 e. The Morgan fingerprint density at radius 2 is 2.00 bits per heavy atom. The van der Waals surface area contributed by atoms with Gasteiger partial charge in [-0.15, -0.1) is 0 Å². The molecule has 0 fully saturated rings. The molecule has 66 valence electrons. The van der Waals surface area contributed by atoms with Gasteiger partial charge in [-0.2, -0.15) is 0 Å². The zero-order valence-corrected chi connectivity index (χ0v) is 7.96. The molecule has 1 N–H and O–H groups in total. The van der Waals surface area contributed by atoms with E-state index in [0.717, 1.165) is 17.5 Å². The van der Waals surface area contributed by atoms with E-state index in [0.29, 0.717) is 11.7 Å². The summed E-state index contributed by atoms with van der Waals surface area (Å²) in [6, 6.07) is 5.97. The number of benzene rings is 1. The summed E-state index contributed by atoms with van der Waals surface area (Å²) >= 11 is 0. The fourth-order valence-corrected chi connectivity index (χ4v) is 1.36. The van der Waals surface area contributed by atoms with E-state index in [4.69, 9.17) is 0 Å². The second kappa shape index (κ2) is 3.61. The molecule has 0 aliphatic rings. The lowest BCUT2D eigenvalue weighted by atomic mass is 9.98. The third-order valence-electron chi connectivity index (χ3n) is 2.15. The molecule has 0 saturated carbocycles. The van der Waals surface area contributed by atoms with Crippen LogP contribution in [0.25, 0.3) is 0 Å². The van der Waals surface area contributed by atoms with Gasteiger partial charge in [0.2, 0.25) is 0 Å². The van der Waals surface area contributed by atoms with Crippen molar-refractivity contribution >= 4 is 0 Å². The van der Waals surface area contributed by atoms with Gasteiger partial charge >= 0.3 is 0 Å². The van der Waals surface area contributed by atoms with E-state index in [9.17, 15) is 5.11 Å². The number of phenolic OH excluding ortho intramolecular Hbond substituents is 1. The minimum absolute atomic E-state index is 0.400. The molecule has 0 heterocycles. The number of para-hydroxylation sites is 1. The van der Waals surface area contributed by atoms with Crippen LogP contribution in [0.4, 0.5) is 0 Å². The van der Waals surface area contributed by atoms with Crippen LogP contribution in [-0.2, 0) is 6.42 Å². The Hall–Kier alpha value is -0.980. The normalized spacial score (nSPS) is 10.7. The molecule has 12 heavy (non-hydrogen) atoms. The fraction of sp³-hybridized carbons (Fsp3) is 0.455. The highest BCUT2D eigenvalue weighted by atomic mass is 16.3. The Balaban J connectivity index is 3.14. The van der Waals surface area contributed by atoms with Crippen LogP contribution in [0, 0.1) is 0 Å². The van der Waals surface area contributed by atoms with Crippen molar-refractivity contribution in [1.29, 1.82) is 0 Å². The van der Waals surface area contributed by atoms with Crippen LogP contribution in [0.1, 0.15) is 37.8 Å². The Kier molecular flexibility index (Phi) is 2.74. The molecule has 0 unspecified atom stereocenters. The highest BCUT2D eigenvalue weighted by Crippen LogP contribution is 2.28. The van der Waals surface area contributed by atoms with Crippen LogP contribution in [-0.4, -0.2) is 5.11 Å². The first-order valence-corrected chi connectivity index (χ1v) is 4.47. The van der Waals surface area contributed by atoms with Crippen molar-refractivity contribution in [2.75, 3.05) is 0 Å². The van der Waals surface area contributed by atoms with Gasteiger partial charge in [-0.3, -0.25) is 0 Å². The maximum Gasteiger partial charge on any atom is 0.122 e. The average Bonchev–Trinajstić information content (AvgIpc) is 2.04. The summed E-state index contributed by atoms with van der Waals surface area (Å²) in [6.07, 6.45) is 0.895. The second-order valence-electron chi connectivity index (χ2n) is 3.36. The van der Waals surface area contributed by atoms with Gasteiger partial charge in [-0.25, -0.2) is 0 Å². The van der Waals surface area contributed by atoms with Crippen molar-refractivity contribution in [3.05, 3.63) is 29.3 Å². The van der Waals surface area contributed by atoms with Crippen LogP contribution >= 0.6 is 0 Å². The molecule has 0 radical (unpaired) electrons. The molecular formula is C11H16O. The molecule has 1 aromatic rings. The first kappa shape index (κ1) is 9.11. The van der Waals surface area contributed by atoms with Crippen LogP contribution < -0.4 is 0 Å². The number of aryl methyl sites for hydroxylation is 1. The highest BCUT2D eigenvalue weighted by Gasteiger charge is 2.07. The molecule has 0 saturated heterocycles. The molecule has 0 aromatic heterocycles. The van der Waals surface area contributed by atoms with E-state index in [1.165, 1.54) is 0 Å². The third kappa shape index (κ3) is 1.60. The summed E-state index contributed by atoms with van der Waals surface area (Å²) in [5.41, 5.74) is 2.09. The summed E-state index contributed by atoms with van der Waals surface area (Å²) in [4.78, 5) is 0. The molecule has 1 aromatic carbocycles. The lowest BCUT2D eigenvalue weighted by molar-refractivity contribution is 0.458. The Labute approximate surface area is 74.1 Å². The maximum absolute atomic E-state index is 9.76. The van der Waals surface area contributed by atoms with E-state index < -0.39 is 0 Å². The van der Waals surface area contributed by atoms with Crippen molar-refractivity contribution < 1.29 is 5.11 Å². The van der Waals surface area contributed by atoms with E-state index in [2.05, 4.69) is 20.8 Å². The SMILES string of the molecule is CCc1cccc(C(C)C)c1O. The van der Waals surface area contributed by atoms with Crippen molar-refractivity contribution in [1.82, 2.24) is 0 Å². The lowest BCUT2D eigenvalue weighted by Gasteiger charge is -2.10. The molecule has 1 nitrogen and oxygen atoms in total. The van der Waals surface area contributed by atoms with Gasteiger partial charge in [0, 0.05) is 0 Å². The zero-order chi connectivity index (χ0) is 9.14. The smallest absolute Gasteiger partial charge is 0.122 e. The zero-order valence-electron chi connectivity index (χ0n) is 7.96. The van der Waals surface area contributed by atoms with Crippen LogP contribution in [0.3, 0.4) is 0 Å². The molecule has 1 rings (SSSR count). The lowest BCUT2D eigenvalue weighted by Crippen LogP contribution is -1.91. The number of phenols is 1. The van der Waals surface area contributed by atoms with Gasteiger partial charge in [0.15, 0.2) is 0 Å². The molecule has 0 amide bonds. The molecule has 0 aliphatic carbocycles. The topological polar surface area (TPSA) is 20.2 Å². The van der Waals surface area contributed by atoms with Gasteiger partial charge in [-0.1, -0.05) is 39.0 Å². The van der Waals surface area contributed by atoms with E-state index in [1.54, 1.807) is 0 Å².